The van der Waals surface area contributed by atoms with Crippen LogP contribution in [0.3, 0.4) is 0 Å². The lowest BCUT2D eigenvalue weighted by Gasteiger charge is -2.16. The van der Waals surface area contributed by atoms with Crippen molar-refractivity contribution >= 4 is 40.7 Å². The van der Waals surface area contributed by atoms with Gasteiger partial charge in [0.05, 0.1) is 5.92 Å². The summed E-state index contributed by atoms with van der Waals surface area (Å²) < 4.78 is 0. The highest BCUT2D eigenvalue weighted by Gasteiger charge is 2.33. The van der Waals surface area contributed by atoms with Crippen LogP contribution in [-0.2, 0) is 9.59 Å². The normalized spacial score (nSPS) is 15.9. The summed E-state index contributed by atoms with van der Waals surface area (Å²) in [6, 6.07) is 12.0. The molecule has 2 aromatic rings. The van der Waals surface area contributed by atoms with Gasteiger partial charge in [0.25, 0.3) is 5.91 Å². The summed E-state index contributed by atoms with van der Waals surface area (Å²) in [5.41, 5.74) is 2.63. The molecule has 1 aliphatic heterocycles. The molecule has 0 saturated carbocycles. The predicted molar refractivity (Wildman–Crippen MR) is 119 cm³/mol. The highest BCUT2D eigenvalue weighted by molar-refractivity contribution is 6.31. The first-order chi connectivity index (χ1) is 14.4. The van der Waals surface area contributed by atoms with E-state index in [4.69, 9.17) is 11.6 Å². The molecule has 0 aromatic heterocycles. The van der Waals surface area contributed by atoms with E-state index in [1.807, 2.05) is 13.0 Å². The smallest absolute Gasteiger partial charge is 0.255 e. The van der Waals surface area contributed by atoms with Gasteiger partial charge in [-0.3, -0.25) is 14.4 Å². The van der Waals surface area contributed by atoms with Crippen molar-refractivity contribution < 1.29 is 14.4 Å². The molecule has 1 fully saturated rings. The lowest BCUT2D eigenvalue weighted by Crippen LogP contribution is -2.29. The Morgan fingerprint density at radius 3 is 2.57 bits per heavy atom. The summed E-state index contributed by atoms with van der Waals surface area (Å²) >= 11 is 6.00. The number of halogens is 1. The van der Waals surface area contributed by atoms with Crippen molar-refractivity contribution in [3.05, 3.63) is 58.6 Å². The zero-order chi connectivity index (χ0) is 21.7. The van der Waals surface area contributed by atoms with Gasteiger partial charge in [0.1, 0.15) is 0 Å². The average Bonchev–Trinajstić information content (AvgIpc) is 3.10. The van der Waals surface area contributed by atoms with Crippen molar-refractivity contribution in [2.24, 2.45) is 5.92 Å². The molecule has 3 rings (SSSR count). The third-order valence-electron chi connectivity index (χ3n) is 5.23. The molecule has 0 radical (unpaired) electrons. The zero-order valence-corrected chi connectivity index (χ0v) is 18.0. The molecule has 2 aromatic carbocycles. The topological polar surface area (TPSA) is 78.5 Å². The Morgan fingerprint density at radius 2 is 1.87 bits per heavy atom. The first-order valence-electron chi connectivity index (χ1n) is 10.1. The van der Waals surface area contributed by atoms with Crippen LogP contribution in [0.2, 0.25) is 5.02 Å². The van der Waals surface area contributed by atoms with Gasteiger partial charge in [0, 0.05) is 41.5 Å². The van der Waals surface area contributed by atoms with E-state index in [1.165, 1.54) is 0 Å². The Morgan fingerprint density at radius 1 is 1.13 bits per heavy atom. The number of rotatable bonds is 7. The monoisotopic (exact) mass is 427 g/mol. The number of anilines is 2. The second-order valence-corrected chi connectivity index (χ2v) is 8.01. The molecular formula is C23H26ClN3O3. The number of unbranched alkanes of at least 4 members (excludes halogenated alkanes) is 1. The van der Waals surface area contributed by atoms with Gasteiger partial charge in [0.2, 0.25) is 11.8 Å². The van der Waals surface area contributed by atoms with E-state index in [0.717, 1.165) is 18.4 Å². The van der Waals surface area contributed by atoms with Gasteiger partial charge in [-0.2, -0.15) is 0 Å². The van der Waals surface area contributed by atoms with Gasteiger partial charge in [-0.1, -0.05) is 31.0 Å². The van der Waals surface area contributed by atoms with Crippen molar-refractivity contribution in [3.63, 3.8) is 0 Å². The molecule has 1 aliphatic rings. The van der Waals surface area contributed by atoms with Crippen LogP contribution in [0.4, 0.5) is 11.4 Å². The van der Waals surface area contributed by atoms with Crippen LogP contribution >= 0.6 is 11.6 Å². The van der Waals surface area contributed by atoms with Gasteiger partial charge in [-0.05, 0) is 55.3 Å². The fraction of sp³-hybridized carbons (Fsp3) is 0.348. The first kappa shape index (κ1) is 21.8. The molecule has 2 N–H and O–H groups in total. The number of likely N-dealkylation sites (tertiary alicyclic amines) is 1. The summed E-state index contributed by atoms with van der Waals surface area (Å²) in [5, 5.41) is 6.24. The van der Waals surface area contributed by atoms with Crippen LogP contribution in [0.1, 0.15) is 42.1 Å². The van der Waals surface area contributed by atoms with Crippen molar-refractivity contribution in [1.82, 2.24) is 4.90 Å². The largest absolute Gasteiger partial charge is 0.342 e. The van der Waals surface area contributed by atoms with E-state index in [0.29, 0.717) is 35.1 Å². The Labute approximate surface area is 181 Å². The Kier molecular flexibility index (Phi) is 7.11. The number of carbonyl (C=O) groups is 3. The van der Waals surface area contributed by atoms with Crippen LogP contribution in [0.25, 0.3) is 0 Å². The van der Waals surface area contributed by atoms with Crippen LogP contribution in [0, 0.1) is 12.8 Å². The number of carbonyl (C=O) groups excluding carboxylic acids is 3. The lowest BCUT2D eigenvalue weighted by molar-refractivity contribution is -0.128. The number of amides is 3. The molecule has 30 heavy (non-hydrogen) atoms. The number of hydrogen-bond acceptors (Lipinski definition) is 3. The van der Waals surface area contributed by atoms with E-state index in [9.17, 15) is 14.4 Å². The number of hydrogen-bond donors (Lipinski definition) is 2. The first-order valence-corrected chi connectivity index (χ1v) is 10.5. The summed E-state index contributed by atoms with van der Waals surface area (Å²) in [5.74, 6) is -0.740. The van der Waals surface area contributed by atoms with Crippen LogP contribution < -0.4 is 10.6 Å². The molecule has 1 heterocycles. The van der Waals surface area contributed by atoms with E-state index in [2.05, 4.69) is 17.6 Å². The van der Waals surface area contributed by atoms with Crippen molar-refractivity contribution in [2.45, 2.75) is 33.1 Å². The SMILES string of the molecule is CCCCN1C[C@H](C(=O)Nc2ccc(C(=O)Nc3cc(Cl)ccc3C)cc2)CC1=O. The summed E-state index contributed by atoms with van der Waals surface area (Å²) in [7, 11) is 0. The highest BCUT2D eigenvalue weighted by Crippen LogP contribution is 2.22. The molecule has 1 atom stereocenters. The second kappa shape index (κ2) is 9.76. The van der Waals surface area contributed by atoms with Crippen LogP contribution in [0.5, 0.6) is 0 Å². The van der Waals surface area contributed by atoms with E-state index in [-0.39, 0.29) is 30.1 Å². The minimum absolute atomic E-state index is 0.0342. The van der Waals surface area contributed by atoms with E-state index in [1.54, 1.807) is 41.3 Å². The fourth-order valence-corrected chi connectivity index (χ4v) is 3.56. The van der Waals surface area contributed by atoms with Gasteiger partial charge in [-0.15, -0.1) is 0 Å². The van der Waals surface area contributed by atoms with Crippen molar-refractivity contribution in [2.75, 3.05) is 23.7 Å². The average molecular weight is 428 g/mol. The standard InChI is InChI=1S/C23H26ClN3O3/c1-3-4-11-27-14-17(12-21(27)28)23(30)25-19-9-6-16(7-10-19)22(29)26-20-13-18(24)8-5-15(20)2/h5-10,13,17H,3-4,11-12,14H2,1-2H3,(H,25,30)(H,26,29)/t17-/m1/s1. The Bertz CT molecular complexity index is 943. The molecule has 7 heteroatoms. The van der Waals surface area contributed by atoms with Gasteiger partial charge in [0.15, 0.2) is 0 Å². The number of benzene rings is 2. The minimum atomic E-state index is -0.344. The molecule has 1 saturated heterocycles. The number of aryl methyl sites for hydroxylation is 1. The molecule has 0 unspecified atom stereocenters. The van der Waals surface area contributed by atoms with Gasteiger partial charge < -0.3 is 15.5 Å². The molecule has 0 spiro atoms. The summed E-state index contributed by atoms with van der Waals surface area (Å²) in [6.45, 7) is 5.13. The number of nitrogens with one attached hydrogen (secondary N) is 2. The predicted octanol–water partition coefficient (Wildman–Crippen LogP) is 4.49. The van der Waals surface area contributed by atoms with E-state index < -0.39 is 0 Å². The third-order valence-corrected chi connectivity index (χ3v) is 5.46. The minimum Gasteiger partial charge on any atom is -0.342 e. The third kappa shape index (κ3) is 5.39. The molecule has 6 nitrogen and oxygen atoms in total. The van der Waals surface area contributed by atoms with Crippen molar-refractivity contribution in [3.8, 4) is 0 Å². The maximum atomic E-state index is 12.5. The second-order valence-electron chi connectivity index (χ2n) is 7.57. The Balaban J connectivity index is 1.58. The summed E-state index contributed by atoms with van der Waals surface area (Å²) in [6.07, 6.45) is 2.20. The number of nitrogens with zero attached hydrogens (tertiary/aromatic N) is 1. The van der Waals surface area contributed by atoms with Gasteiger partial charge >= 0.3 is 0 Å². The van der Waals surface area contributed by atoms with Crippen LogP contribution in [0.15, 0.2) is 42.5 Å². The molecule has 0 aliphatic carbocycles. The maximum absolute atomic E-state index is 12.5. The van der Waals surface area contributed by atoms with Crippen molar-refractivity contribution in [1.29, 1.82) is 0 Å². The van der Waals surface area contributed by atoms with E-state index >= 15 is 0 Å². The molecule has 158 valence electrons. The highest BCUT2D eigenvalue weighted by atomic mass is 35.5. The maximum Gasteiger partial charge on any atom is 0.255 e. The molecule has 3 amide bonds. The molecular weight excluding hydrogens is 402 g/mol. The van der Waals surface area contributed by atoms with Crippen LogP contribution in [-0.4, -0.2) is 35.7 Å². The summed E-state index contributed by atoms with van der Waals surface area (Å²) in [4.78, 5) is 38.8. The van der Waals surface area contributed by atoms with Gasteiger partial charge in [-0.25, -0.2) is 0 Å². The lowest BCUT2D eigenvalue weighted by atomic mass is 10.1. The zero-order valence-electron chi connectivity index (χ0n) is 17.2. The molecule has 0 bridgehead atoms. The quantitative estimate of drug-likeness (QED) is 0.683. The Hall–Kier alpha value is -2.86. The fourth-order valence-electron chi connectivity index (χ4n) is 3.39.